The van der Waals surface area contributed by atoms with Crippen LogP contribution in [-0.2, 0) is 17.7 Å². The SMILES string of the molecule is CCOCC(O)Cn1cc(CCN)nn1. The van der Waals surface area contributed by atoms with Crippen LogP contribution in [0.3, 0.4) is 0 Å². The Morgan fingerprint density at radius 2 is 2.47 bits per heavy atom. The van der Waals surface area contributed by atoms with Crippen molar-refractivity contribution in [2.45, 2.75) is 26.0 Å². The van der Waals surface area contributed by atoms with Gasteiger partial charge in [0.2, 0.25) is 0 Å². The summed E-state index contributed by atoms with van der Waals surface area (Å²) in [4.78, 5) is 0. The maximum absolute atomic E-state index is 9.53. The second kappa shape index (κ2) is 6.49. The van der Waals surface area contributed by atoms with Crippen LogP contribution < -0.4 is 5.73 Å². The highest BCUT2D eigenvalue weighted by Gasteiger charge is 2.07. The summed E-state index contributed by atoms with van der Waals surface area (Å²) in [5.41, 5.74) is 6.24. The summed E-state index contributed by atoms with van der Waals surface area (Å²) < 4.78 is 6.70. The van der Waals surface area contributed by atoms with E-state index in [4.69, 9.17) is 10.5 Å². The van der Waals surface area contributed by atoms with E-state index in [1.807, 2.05) is 6.92 Å². The number of nitrogens with two attached hydrogens (primary N) is 1. The third-order valence-corrected chi connectivity index (χ3v) is 1.90. The van der Waals surface area contributed by atoms with E-state index in [9.17, 15) is 5.11 Å². The highest BCUT2D eigenvalue weighted by Crippen LogP contribution is 1.96. The molecule has 0 aliphatic heterocycles. The van der Waals surface area contributed by atoms with Gasteiger partial charge in [0.05, 0.1) is 24.9 Å². The Kier molecular flexibility index (Phi) is 5.23. The molecule has 6 nitrogen and oxygen atoms in total. The summed E-state index contributed by atoms with van der Waals surface area (Å²) in [6.45, 7) is 3.77. The van der Waals surface area contributed by atoms with Gasteiger partial charge in [0.25, 0.3) is 0 Å². The lowest BCUT2D eigenvalue weighted by Crippen LogP contribution is -2.22. The fourth-order valence-corrected chi connectivity index (χ4v) is 1.21. The number of hydrogen-bond donors (Lipinski definition) is 2. The Balaban J connectivity index is 2.35. The predicted octanol–water partition coefficient (Wildman–Crippen LogP) is -0.823. The molecule has 0 saturated carbocycles. The van der Waals surface area contributed by atoms with Crippen molar-refractivity contribution in [1.82, 2.24) is 15.0 Å². The molecule has 1 aromatic heterocycles. The fraction of sp³-hybridized carbons (Fsp3) is 0.778. The van der Waals surface area contributed by atoms with Crippen molar-refractivity contribution in [2.24, 2.45) is 5.73 Å². The van der Waals surface area contributed by atoms with Crippen LogP contribution in [0.25, 0.3) is 0 Å². The summed E-state index contributed by atoms with van der Waals surface area (Å²) >= 11 is 0. The molecule has 1 atom stereocenters. The summed E-state index contributed by atoms with van der Waals surface area (Å²) in [6.07, 6.45) is 1.96. The average Bonchev–Trinajstić information content (AvgIpc) is 2.63. The first-order chi connectivity index (χ1) is 7.26. The topological polar surface area (TPSA) is 86.2 Å². The highest BCUT2D eigenvalue weighted by molar-refractivity contribution is 4.92. The lowest BCUT2D eigenvalue weighted by Gasteiger charge is -2.09. The van der Waals surface area contributed by atoms with E-state index in [2.05, 4.69) is 10.3 Å². The molecular weight excluding hydrogens is 196 g/mol. The molecular formula is C9H18N4O2. The number of ether oxygens (including phenoxy) is 1. The summed E-state index contributed by atoms with van der Waals surface area (Å²) in [5, 5.41) is 17.3. The lowest BCUT2D eigenvalue weighted by atomic mass is 10.3. The minimum Gasteiger partial charge on any atom is -0.389 e. The second-order valence-electron chi connectivity index (χ2n) is 3.28. The molecule has 0 amide bonds. The quantitative estimate of drug-likeness (QED) is 0.619. The molecule has 1 heterocycles. The first-order valence-electron chi connectivity index (χ1n) is 5.11. The number of aliphatic hydroxyl groups is 1. The normalized spacial score (nSPS) is 13.0. The van der Waals surface area contributed by atoms with Crippen molar-refractivity contribution in [3.63, 3.8) is 0 Å². The summed E-state index contributed by atoms with van der Waals surface area (Å²) in [5.74, 6) is 0. The van der Waals surface area contributed by atoms with Gasteiger partial charge in [-0.05, 0) is 13.5 Å². The van der Waals surface area contributed by atoms with Crippen LogP contribution in [0.4, 0.5) is 0 Å². The van der Waals surface area contributed by atoms with Crippen molar-refractivity contribution in [3.8, 4) is 0 Å². The highest BCUT2D eigenvalue weighted by atomic mass is 16.5. The van der Waals surface area contributed by atoms with Gasteiger partial charge in [0.1, 0.15) is 0 Å². The first-order valence-corrected chi connectivity index (χ1v) is 5.11. The van der Waals surface area contributed by atoms with Gasteiger partial charge in [-0.1, -0.05) is 5.21 Å². The van der Waals surface area contributed by atoms with Gasteiger partial charge in [0.15, 0.2) is 0 Å². The second-order valence-corrected chi connectivity index (χ2v) is 3.28. The van der Waals surface area contributed by atoms with Crippen LogP contribution in [-0.4, -0.2) is 46.0 Å². The number of hydrogen-bond acceptors (Lipinski definition) is 5. The van der Waals surface area contributed by atoms with Crippen LogP contribution in [0.2, 0.25) is 0 Å². The molecule has 0 fully saturated rings. The lowest BCUT2D eigenvalue weighted by molar-refractivity contribution is 0.0313. The number of nitrogens with zero attached hydrogens (tertiary/aromatic N) is 3. The van der Waals surface area contributed by atoms with Crippen molar-refractivity contribution in [2.75, 3.05) is 19.8 Å². The van der Waals surface area contributed by atoms with Gasteiger partial charge < -0.3 is 15.6 Å². The molecule has 0 aliphatic carbocycles. The van der Waals surface area contributed by atoms with Crippen LogP contribution in [0.1, 0.15) is 12.6 Å². The Hall–Kier alpha value is -0.980. The van der Waals surface area contributed by atoms with Crippen LogP contribution >= 0.6 is 0 Å². The first kappa shape index (κ1) is 12.1. The van der Waals surface area contributed by atoms with Gasteiger partial charge >= 0.3 is 0 Å². The molecule has 86 valence electrons. The van der Waals surface area contributed by atoms with E-state index in [0.29, 0.717) is 32.7 Å². The van der Waals surface area contributed by atoms with Crippen LogP contribution in [0.5, 0.6) is 0 Å². The molecule has 15 heavy (non-hydrogen) atoms. The van der Waals surface area contributed by atoms with Gasteiger partial charge in [-0.2, -0.15) is 0 Å². The van der Waals surface area contributed by atoms with Gasteiger partial charge in [0, 0.05) is 19.2 Å². The van der Waals surface area contributed by atoms with E-state index in [1.165, 1.54) is 0 Å². The fourth-order valence-electron chi connectivity index (χ4n) is 1.21. The molecule has 0 bridgehead atoms. The Labute approximate surface area is 89.0 Å². The van der Waals surface area contributed by atoms with E-state index in [1.54, 1.807) is 10.9 Å². The molecule has 0 saturated heterocycles. The van der Waals surface area contributed by atoms with Crippen molar-refractivity contribution < 1.29 is 9.84 Å². The van der Waals surface area contributed by atoms with Crippen molar-refractivity contribution in [3.05, 3.63) is 11.9 Å². The maximum Gasteiger partial charge on any atom is 0.0969 e. The van der Waals surface area contributed by atoms with E-state index in [0.717, 1.165) is 5.69 Å². The Morgan fingerprint density at radius 3 is 3.13 bits per heavy atom. The molecule has 0 aliphatic rings. The van der Waals surface area contributed by atoms with Gasteiger partial charge in [-0.15, -0.1) is 5.10 Å². The van der Waals surface area contributed by atoms with Crippen LogP contribution in [0, 0.1) is 0 Å². The maximum atomic E-state index is 9.53. The van der Waals surface area contributed by atoms with E-state index in [-0.39, 0.29) is 0 Å². The zero-order valence-corrected chi connectivity index (χ0v) is 8.96. The number of rotatable bonds is 7. The monoisotopic (exact) mass is 214 g/mol. The molecule has 1 unspecified atom stereocenters. The smallest absolute Gasteiger partial charge is 0.0969 e. The zero-order valence-electron chi connectivity index (χ0n) is 8.96. The van der Waals surface area contributed by atoms with Crippen LogP contribution in [0.15, 0.2) is 6.20 Å². The van der Waals surface area contributed by atoms with Crippen molar-refractivity contribution >= 4 is 0 Å². The standard InChI is InChI=1S/C9H18N4O2/c1-2-15-7-9(14)6-13-5-8(3-4-10)11-12-13/h5,9,14H,2-4,6-7,10H2,1H3. The summed E-state index contributed by atoms with van der Waals surface area (Å²) in [7, 11) is 0. The average molecular weight is 214 g/mol. The third kappa shape index (κ3) is 4.37. The molecule has 0 aromatic carbocycles. The molecule has 0 radical (unpaired) electrons. The van der Waals surface area contributed by atoms with Gasteiger partial charge in [-0.25, -0.2) is 4.68 Å². The predicted molar refractivity (Wildman–Crippen MR) is 55.3 cm³/mol. The Bertz CT molecular complexity index is 277. The molecule has 6 heteroatoms. The minimum absolute atomic E-state index is 0.322. The molecule has 3 N–H and O–H groups in total. The molecule has 0 spiro atoms. The number of aliphatic hydroxyl groups excluding tert-OH is 1. The van der Waals surface area contributed by atoms with Crippen molar-refractivity contribution in [1.29, 1.82) is 0 Å². The Morgan fingerprint density at radius 1 is 1.67 bits per heavy atom. The largest absolute Gasteiger partial charge is 0.389 e. The number of aromatic nitrogens is 3. The van der Waals surface area contributed by atoms with E-state index < -0.39 is 6.10 Å². The molecule has 1 aromatic rings. The minimum atomic E-state index is -0.544. The van der Waals surface area contributed by atoms with Gasteiger partial charge in [-0.3, -0.25) is 0 Å². The van der Waals surface area contributed by atoms with E-state index >= 15 is 0 Å². The summed E-state index contributed by atoms with van der Waals surface area (Å²) in [6, 6.07) is 0. The zero-order chi connectivity index (χ0) is 11.1. The molecule has 1 rings (SSSR count). The third-order valence-electron chi connectivity index (χ3n) is 1.90.